The fourth-order valence-electron chi connectivity index (χ4n) is 6.45. The van der Waals surface area contributed by atoms with E-state index < -0.39 is 84.6 Å². The standard InChI is InChI=1S/C39H66N7O17P3S/c1-4-5-6-7-8-9-10-11-12-13-14-15-16-17-18-19-30(48)67-23-22-41-29(47)20-21-42-37(51)34(50)39(2,3)25-60-66(57,58)63-65(55,56)59-24-28-33(62-64(52,53)54)32(49)38(61-28)46-27-45-31-35(40)43-26-44-36(31)46/h8-9,11-12,26-28,32-34,38,49-50H,4-7,10,13-25H2,1-3H3,(H,41,47)(H,42,51)(H,55,56)(H,57,58)(H2,40,43,44)(H2,52,53,54)/b9-8+,12-11+. The number of ether oxygens (including phenoxy) is 1. The van der Waals surface area contributed by atoms with Crippen LogP contribution < -0.4 is 16.4 Å². The molecule has 380 valence electrons. The van der Waals surface area contributed by atoms with Crippen LogP contribution in [0.1, 0.15) is 110 Å². The van der Waals surface area contributed by atoms with Crippen molar-refractivity contribution in [1.29, 1.82) is 0 Å². The van der Waals surface area contributed by atoms with E-state index in [9.17, 15) is 57.9 Å². The second kappa shape index (κ2) is 28.6. The number of allylic oxidation sites excluding steroid dienone is 4. The van der Waals surface area contributed by atoms with E-state index in [0.29, 0.717) is 12.2 Å². The number of nitrogens with one attached hydrogen (secondary N) is 2. The number of carbonyl (C=O) groups is 3. The maximum atomic E-state index is 12.7. The number of carbonyl (C=O) groups excluding carboxylic acids is 3. The lowest BCUT2D eigenvalue weighted by Crippen LogP contribution is -2.46. The van der Waals surface area contributed by atoms with Crippen LogP contribution in [0.15, 0.2) is 37.0 Å². The highest BCUT2D eigenvalue weighted by Crippen LogP contribution is 2.61. The first kappa shape index (κ1) is 58.4. The van der Waals surface area contributed by atoms with Gasteiger partial charge in [0.15, 0.2) is 22.8 Å². The van der Waals surface area contributed by atoms with Crippen molar-refractivity contribution in [2.24, 2.45) is 5.41 Å². The quantitative estimate of drug-likeness (QED) is 0.0270. The van der Waals surface area contributed by atoms with Gasteiger partial charge in [0, 0.05) is 37.1 Å². The van der Waals surface area contributed by atoms with Crippen LogP contribution in [0.25, 0.3) is 11.2 Å². The molecule has 24 nitrogen and oxygen atoms in total. The van der Waals surface area contributed by atoms with Crippen LogP contribution in [0.4, 0.5) is 5.82 Å². The van der Waals surface area contributed by atoms with Crippen LogP contribution in [0.3, 0.4) is 0 Å². The molecule has 0 aromatic carbocycles. The van der Waals surface area contributed by atoms with Gasteiger partial charge in [0.1, 0.15) is 36.3 Å². The molecule has 7 unspecified atom stereocenters. The van der Waals surface area contributed by atoms with Gasteiger partial charge in [-0.25, -0.2) is 28.6 Å². The molecule has 1 aliphatic rings. The average molecular weight is 1030 g/mol. The van der Waals surface area contributed by atoms with E-state index in [1.807, 2.05) is 0 Å². The van der Waals surface area contributed by atoms with Gasteiger partial charge in [-0.1, -0.05) is 88.9 Å². The lowest BCUT2D eigenvalue weighted by atomic mass is 9.87. The minimum absolute atomic E-state index is 0.0323. The number of fused-ring (bicyclic) bond motifs is 1. The summed E-state index contributed by atoms with van der Waals surface area (Å²) in [6.07, 6.45) is 14.6. The van der Waals surface area contributed by atoms with Crippen LogP contribution in [-0.2, 0) is 50.7 Å². The van der Waals surface area contributed by atoms with Gasteiger partial charge in [-0.15, -0.1) is 0 Å². The first-order chi connectivity index (χ1) is 31.6. The van der Waals surface area contributed by atoms with Gasteiger partial charge in [-0.2, -0.15) is 4.31 Å². The number of imidazole rings is 1. The van der Waals surface area contributed by atoms with Crippen molar-refractivity contribution in [3.05, 3.63) is 37.0 Å². The molecule has 2 aromatic rings. The number of hydrogen-bond donors (Lipinski definition) is 9. The minimum Gasteiger partial charge on any atom is -0.386 e. The van der Waals surface area contributed by atoms with Crippen LogP contribution in [-0.4, -0.2) is 123 Å². The number of nitrogens with two attached hydrogens (primary N) is 1. The zero-order valence-corrected chi connectivity index (χ0v) is 41.4. The van der Waals surface area contributed by atoms with Crippen LogP contribution in [0.5, 0.6) is 0 Å². The molecule has 3 rings (SSSR count). The van der Waals surface area contributed by atoms with Gasteiger partial charge < -0.3 is 50.9 Å². The molecule has 10 N–H and O–H groups in total. The highest BCUT2D eigenvalue weighted by atomic mass is 32.2. The monoisotopic (exact) mass is 1030 g/mol. The van der Waals surface area contributed by atoms with Crippen molar-refractivity contribution in [2.45, 2.75) is 135 Å². The summed E-state index contributed by atoms with van der Waals surface area (Å²) in [7, 11) is -16.4. The molecule has 0 saturated carbocycles. The zero-order valence-electron chi connectivity index (χ0n) is 37.9. The number of nitrogen functional groups attached to an aromatic ring is 1. The van der Waals surface area contributed by atoms with Crippen molar-refractivity contribution >= 4 is 69.1 Å². The predicted octanol–water partition coefficient (Wildman–Crippen LogP) is 4.48. The number of aromatic nitrogens is 4. The van der Waals surface area contributed by atoms with Crippen molar-refractivity contribution in [3.63, 3.8) is 0 Å². The van der Waals surface area contributed by atoms with E-state index in [2.05, 4.69) is 65.6 Å². The van der Waals surface area contributed by atoms with Crippen LogP contribution >= 0.6 is 35.2 Å². The van der Waals surface area contributed by atoms with Gasteiger partial charge in [0.2, 0.25) is 11.8 Å². The number of amides is 2. The molecule has 0 radical (unpaired) electrons. The topological polar surface area (TPSA) is 364 Å². The minimum atomic E-state index is -5.58. The molecule has 7 atom stereocenters. The predicted molar refractivity (Wildman–Crippen MR) is 246 cm³/mol. The Bertz CT molecular complexity index is 2090. The molecular formula is C39H66N7O17P3S. The Morgan fingerprint density at radius 1 is 0.910 bits per heavy atom. The first-order valence-electron chi connectivity index (χ1n) is 21.9. The number of rotatable bonds is 33. The number of thioether (sulfide) groups is 1. The Morgan fingerprint density at radius 2 is 1.57 bits per heavy atom. The van der Waals surface area contributed by atoms with E-state index in [0.717, 1.165) is 80.4 Å². The van der Waals surface area contributed by atoms with E-state index in [1.165, 1.54) is 33.1 Å². The second-order valence-corrected chi connectivity index (χ2v) is 21.7. The van der Waals surface area contributed by atoms with E-state index in [4.69, 9.17) is 19.5 Å². The van der Waals surface area contributed by atoms with E-state index in [1.54, 1.807) is 0 Å². The molecule has 0 bridgehead atoms. The van der Waals surface area contributed by atoms with Crippen molar-refractivity contribution in [1.82, 2.24) is 30.2 Å². The summed E-state index contributed by atoms with van der Waals surface area (Å²) in [5.74, 6) is -1.04. The number of anilines is 1. The van der Waals surface area contributed by atoms with E-state index in [-0.39, 0.29) is 41.6 Å². The Kier molecular flexibility index (Phi) is 24.9. The molecule has 2 amide bonds. The van der Waals surface area contributed by atoms with Crippen molar-refractivity contribution in [2.75, 3.05) is 37.8 Å². The lowest BCUT2D eigenvalue weighted by Gasteiger charge is -2.30. The molecule has 28 heteroatoms. The lowest BCUT2D eigenvalue weighted by molar-refractivity contribution is -0.137. The number of phosphoric acid groups is 3. The molecular weight excluding hydrogens is 963 g/mol. The smallest absolute Gasteiger partial charge is 0.386 e. The molecule has 1 fully saturated rings. The molecule has 2 aromatic heterocycles. The largest absolute Gasteiger partial charge is 0.481 e. The Morgan fingerprint density at radius 3 is 2.25 bits per heavy atom. The summed E-state index contributed by atoms with van der Waals surface area (Å²) in [6.45, 7) is 2.76. The molecule has 1 aliphatic heterocycles. The summed E-state index contributed by atoms with van der Waals surface area (Å²) in [6, 6.07) is 0. The fourth-order valence-corrected chi connectivity index (χ4v) is 10.00. The number of hydrogen-bond acceptors (Lipinski definition) is 18. The number of aliphatic hydroxyl groups excluding tert-OH is 2. The van der Waals surface area contributed by atoms with Gasteiger partial charge in [0.25, 0.3) is 0 Å². The normalized spacial score (nSPS) is 20.3. The second-order valence-electron chi connectivity index (χ2n) is 16.3. The average Bonchev–Trinajstić information content (AvgIpc) is 3.81. The van der Waals surface area contributed by atoms with Gasteiger partial charge in [-0.3, -0.25) is 32.5 Å². The maximum Gasteiger partial charge on any atom is 0.481 e. The Hall–Kier alpha value is -2.96. The molecule has 3 heterocycles. The summed E-state index contributed by atoms with van der Waals surface area (Å²) < 4.78 is 62.4. The third-order valence-electron chi connectivity index (χ3n) is 10.1. The third kappa shape index (κ3) is 21.7. The fraction of sp³-hybridized carbons (Fsp3) is 0.692. The highest BCUT2D eigenvalue weighted by molar-refractivity contribution is 8.13. The van der Waals surface area contributed by atoms with Crippen molar-refractivity contribution < 1.29 is 80.5 Å². The summed E-state index contributed by atoms with van der Waals surface area (Å²) >= 11 is 1.14. The van der Waals surface area contributed by atoms with Crippen LogP contribution in [0, 0.1) is 5.41 Å². The highest BCUT2D eigenvalue weighted by Gasteiger charge is 2.50. The Labute approximate surface area is 393 Å². The number of nitrogens with zero attached hydrogens (tertiary/aromatic N) is 4. The molecule has 0 aliphatic carbocycles. The summed E-state index contributed by atoms with van der Waals surface area (Å²) in [5, 5.41) is 26.6. The van der Waals surface area contributed by atoms with Gasteiger partial charge >= 0.3 is 23.5 Å². The Balaban J connectivity index is 1.31. The SMILES string of the molecule is CCCCC/C=C/C/C=C/CCCCCCCC(=O)SCCNC(=O)CCNC(=O)C(O)C(C)(C)COP(=O)(O)OP(=O)(O)OCC1OC(n2cnc3c(N)ncnc32)C(O)C1OP(=O)(O)O. The summed E-state index contributed by atoms with van der Waals surface area (Å²) in [5.41, 5.74) is 4.28. The van der Waals surface area contributed by atoms with Crippen molar-refractivity contribution in [3.8, 4) is 0 Å². The molecule has 67 heavy (non-hydrogen) atoms. The number of phosphoric ester groups is 3. The molecule has 1 saturated heterocycles. The first-order valence-corrected chi connectivity index (χ1v) is 27.4. The summed E-state index contributed by atoms with van der Waals surface area (Å²) in [4.78, 5) is 88.3. The van der Waals surface area contributed by atoms with Gasteiger partial charge in [-0.05, 0) is 38.5 Å². The van der Waals surface area contributed by atoms with Crippen LogP contribution in [0.2, 0.25) is 0 Å². The van der Waals surface area contributed by atoms with Gasteiger partial charge in [0.05, 0.1) is 19.5 Å². The molecule has 0 spiro atoms. The number of unbranched alkanes of at least 4 members (excludes halogenated alkanes) is 8. The maximum absolute atomic E-state index is 12.7. The number of aliphatic hydroxyl groups is 2. The van der Waals surface area contributed by atoms with E-state index >= 15 is 0 Å². The zero-order chi connectivity index (χ0) is 49.7. The third-order valence-corrected chi connectivity index (χ3v) is 14.1.